The maximum atomic E-state index is 12.6. The van der Waals surface area contributed by atoms with Crippen LogP contribution in [0.4, 0.5) is 0 Å². The molecule has 32 heavy (non-hydrogen) atoms. The molecule has 5 heteroatoms. The van der Waals surface area contributed by atoms with E-state index in [0.29, 0.717) is 12.2 Å². The molecule has 172 valence electrons. The van der Waals surface area contributed by atoms with Crippen molar-refractivity contribution in [3.05, 3.63) is 65.7 Å². The van der Waals surface area contributed by atoms with Crippen LogP contribution < -0.4 is 10.1 Å². The van der Waals surface area contributed by atoms with Crippen LogP contribution in [0, 0.1) is 0 Å². The van der Waals surface area contributed by atoms with Crippen LogP contribution in [0.15, 0.2) is 54.6 Å². The molecule has 0 spiro atoms. The van der Waals surface area contributed by atoms with E-state index < -0.39 is 0 Å². The summed E-state index contributed by atoms with van der Waals surface area (Å²) in [5.74, 6) is 0.822. The van der Waals surface area contributed by atoms with Crippen molar-refractivity contribution in [3.8, 4) is 5.75 Å². The van der Waals surface area contributed by atoms with Gasteiger partial charge in [-0.25, -0.2) is 0 Å². The molecular weight excluding hydrogens is 400 g/mol. The molecule has 2 aromatic rings. The highest BCUT2D eigenvalue weighted by molar-refractivity contribution is 5.94. The monoisotopic (exact) mass is 436 g/mol. The fraction of sp³-hybridized carbons (Fsp3) is 0.519. The number of amides is 1. The summed E-state index contributed by atoms with van der Waals surface area (Å²) < 4.78 is 11.9. The van der Waals surface area contributed by atoms with Crippen LogP contribution in [-0.2, 0) is 11.2 Å². The molecule has 1 N–H and O–H groups in total. The smallest absolute Gasteiger partial charge is 0.251 e. The number of carbonyl (C=O) groups excluding carboxylic acids is 1. The van der Waals surface area contributed by atoms with Crippen molar-refractivity contribution in [2.45, 2.75) is 63.7 Å². The first-order chi connectivity index (χ1) is 15.5. The largest absolute Gasteiger partial charge is 0.490 e. The number of benzene rings is 2. The standard InChI is InChI=1S/C27H36N2O3/c1-27(2)20-23(15-19-31-27)28-26(30)22-8-10-24(11-9-22)32-25-13-17-29(18-14-25)16-12-21-6-4-3-5-7-21/h3-11,23,25H,12-20H2,1-2H3,(H,28,30)/t23-/m1/s1. The Hall–Kier alpha value is -2.37. The number of hydrogen-bond donors (Lipinski definition) is 1. The van der Waals surface area contributed by atoms with E-state index in [0.717, 1.165) is 57.5 Å². The third-order valence-electron chi connectivity index (χ3n) is 6.55. The highest BCUT2D eigenvalue weighted by Gasteiger charge is 2.29. The average Bonchev–Trinajstić information content (AvgIpc) is 2.79. The third kappa shape index (κ3) is 6.57. The van der Waals surface area contributed by atoms with Crippen molar-refractivity contribution in [1.82, 2.24) is 10.2 Å². The lowest BCUT2D eigenvalue weighted by Gasteiger charge is -2.35. The Balaban J connectivity index is 1.20. The van der Waals surface area contributed by atoms with E-state index in [4.69, 9.17) is 9.47 Å². The summed E-state index contributed by atoms with van der Waals surface area (Å²) in [6.45, 7) is 8.08. The van der Waals surface area contributed by atoms with Gasteiger partial charge in [-0.2, -0.15) is 0 Å². The Morgan fingerprint density at radius 1 is 1.06 bits per heavy atom. The number of rotatable bonds is 7. The molecule has 1 amide bonds. The minimum atomic E-state index is -0.176. The van der Waals surface area contributed by atoms with E-state index in [1.807, 2.05) is 24.3 Å². The topological polar surface area (TPSA) is 50.8 Å². The van der Waals surface area contributed by atoms with Crippen molar-refractivity contribution in [3.63, 3.8) is 0 Å². The number of nitrogens with one attached hydrogen (secondary N) is 1. The van der Waals surface area contributed by atoms with Gasteiger partial charge in [0.1, 0.15) is 11.9 Å². The molecule has 0 aliphatic carbocycles. The maximum absolute atomic E-state index is 12.6. The SMILES string of the molecule is CC1(C)C[C@H](NC(=O)c2ccc(OC3CCN(CCc4ccccc4)CC3)cc2)CCO1. The predicted octanol–water partition coefficient (Wildman–Crippen LogP) is 4.46. The second kappa shape index (κ2) is 10.5. The van der Waals surface area contributed by atoms with E-state index in [2.05, 4.69) is 54.4 Å². The van der Waals surface area contributed by atoms with Gasteiger partial charge in [-0.15, -0.1) is 0 Å². The number of hydrogen-bond acceptors (Lipinski definition) is 4. The van der Waals surface area contributed by atoms with E-state index in [1.165, 1.54) is 5.56 Å². The van der Waals surface area contributed by atoms with Gasteiger partial charge in [-0.3, -0.25) is 4.79 Å². The number of piperidine rings is 1. The van der Waals surface area contributed by atoms with Gasteiger partial charge in [0.15, 0.2) is 0 Å². The second-order valence-electron chi connectivity index (χ2n) is 9.69. The first-order valence-electron chi connectivity index (χ1n) is 11.9. The van der Waals surface area contributed by atoms with E-state index >= 15 is 0 Å². The summed E-state index contributed by atoms with van der Waals surface area (Å²) in [5.41, 5.74) is 1.90. The normalized spacial score (nSPS) is 21.8. The summed E-state index contributed by atoms with van der Waals surface area (Å²) >= 11 is 0. The zero-order valence-corrected chi connectivity index (χ0v) is 19.4. The van der Waals surface area contributed by atoms with Gasteiger partial charge in [-0.1, -0.05) is 30.3 Å². The molecule has 2 aliphatic heterocycles. The van der Waals surface area contributed by atoms with Crippen molar-refractivity contribution in [1.29, 1.82) is 0 Å². The molecule has 1 atom stereocenters. The lowest BCUT2D eigenvalue weighted by Crippen LogP contribution is -2.45. The Morgan fingerprint density at radius 3 is 2.47 bits per heavy atom. The number of nitrogens with zero attached hydrogens (tertiary/aromatic N) is 1. The summed E-state index contributed by atoms with van der Waals surface area (Å²) in [6, 6.07) is 18.4. The lowest BCUT2D eigenvalue weighted by atomic mass is 9.94. The molecule has 0 aromatic heterocycles. The van der Waals surface area contributed by atoms with Gasteiger partial charge < -0.3 is 19.7 Å². The predicted molar refractivity (Wildman–Crippen MR) is 127 cm³/mol. The minimum Gasteiger partial charge on any atom is -0.490 e. The summed E-state index contributed by atoms with van der Waals surface area (Å²) in [6.07, 6.45) is 5.12. The molecule has 2 heterocycles. The van der Waals surface area contributed by atoms with Crippen molar-refractivity contribution in [2.24, 2.45) is 0 Å². The number of ether oxygens (including phenoxy) is 2. The Labute approximate surface area is 192 Å². The van der Waals surface area contributed by atoms with Gasteiger partial charge in [0.25, 0.3) is 5.91 Å². The zero-order valence-electron chi connectivity index (χ0n) is 19.4. The van der Waals surface area contributed by atoms with Crippen LogP contribution in [0.5, 0.6) is 5.75 Å². The molecule has 4 rings (SSSR count). The Morgan fingerprint density at radius 2 is 1.78 bits per heavy atom. The number of likely N-dealkylation sites (tertiary alicyclic amines) is 1. The van der Waals surface area contributed by atoms with Crippen molar-refractivity contribution >= 4 is 5.91 Å². The highest BCUT2D eigenvalue weighted by atomic mass is 16.5. The Kier molecular flexibility index (Phi) is 7.48. The van der Waals surface area contributed by atoms with Crippen molar-refractivity contribution in [2.75, 3.05) is 26.2 Å². The van der Waals surface area contributed by atoms with Gasteiger partial charge in [0.2, 0.25) is 0 Å². The van der Waals surface area contributed by atoms with Crippen LogP contribution in [0.25, 0.3) is 0 Å². The van der Waals surface area contributed by atoms with Gasteiger partial charge in [-0.05, 0) is 75.8 Å². The molecule has 0 bridgehead atoms. The maximum Gasteiger partial charge on any atom is 0.251 e. The van der Waals surface area contributed by atoms with Gasteiger partial charge >= 0.3 is 0 Å². The minimum absolute atomic E-state index is 0.0222. The molecule has 5 nitrogen and oxygen atoms in total. The van der Waals surface area contributed by atoms with Crippen molar-refractivity contribution < 1.29 is 14.3 Å². The Bertz CT molecular complexity index is 858. The van der Waals surface area contributed by atoms with E-state index in [1.54, 1.807) is 0 Å². The van der Waals surface area contributed by atoms with E-state index in [9.17, 15) is 4.79 Å². The van der Waals surface area contributed by atoms with Gasteiger partial charge in [0, 0.05) is 37.8 Å². The fourth-order valence-electron chi connectivity index (χ4n) is 4.68. The highest BCUT2D eigenvalue weighted by Crippen LogP contribution is 2.24. The fourth-order valence-corrected chi connectivity index (χ4v) is 4.68. The van der Waals surface area contributed by atoms with Crippen LogP contribution in [-0.4, -0.2) is 54.8 Å². The molecular formula is C27H36N2O3. The molecule has 0 saturated carbocycles. The number of carbonyl (C=O) groups is 1. The first-order valence-corrected chi connectivity index (χ1v) is 11.9. The van der Waals surface area contributed by atoms with Gasteiger partial charge in [0.05, 0.1) is 5.60 Å². The quantitative estimate of drug-likeness (QED) is 0.696. The molecule has 2 aromatic carbocycles. The summed E-state index contributed by atoms with van der Waals surface area (Å²) in [5, 5.41) is 3.15. The molecule has 0 unspecified atom stereocenters. The molecule has 2 saturated heterocycles. The summed E-state index contributed by atoms with van der Waals surface area (Å²) in [7, 11) is 0. The lowest BCUT2D eigenvalue weighted by molar-refractivity contribution is -0.0615. The van der Waals surface area contributed by atoms with Crippen LogP contribution in [0.2, 0.25) is 0 Å². The zero-order chi connectivity index (χ0) is 22.4. The summed E-state index contributed by atoms with van der Waals surface area (Å²) in [4.78, 5) is 15.2. The van der Waals surface area contributed by atoms with Crippen LogP contribution in [0.3, 0.4) is 0 Å². The van der Waals surface area contributed by atoms with Crippen LogP contribution >= 0.6 is 0 Å². The first kappa shape index (κ1) is 22.8. The van der Waals surface area contributed by atoms with E-state index in [-0.39, 0.29) is 23.7 Å². The average molecular weight is 437 g/mol. The molecule has 0 radical (unpaired) electrons. The second-order valence-corrected chi connectivity index (χ2v) is 9.69. The molecule has 2 aliphatic rings. The van der Waals surface area contributed by atoms with Crippen LogP contribution in [0.1, 0.15) is 55.5 Å². The molecule has 2 fully saturated rings. The third-order valence-corrected chi connectivity index (χ3v) is 6.55.